The van der Waals surface area contributed by atoms with Crippen LogP contribution in [-0.4, -0.2) is 22.2 Å². The van der Waals surface area contributed by atoms with Gasteiger partial charge in [0.25, 0.3) is 0 Å². The molecule has 0 aromatic heterocycles. The number of aliphatic hydroxyl groups excluding tert-OH is 1. The van der Waals surface area contributed by atoms with Crippen molar-refractivity contribution in [1.29, 1.82) is 0 Å². The van der Waals surface area contributed by atoms with Gasteiger partial charge in [-0.2, -0.15) is 11.8 Å². The van der Waals surface area contributed by atoms with Crippen LogP contribution >= 0.6 is 11.8 Å². The fraction of sp³-hybridized carbons (Fsp3) is 0.818. The van der Waals surface area contributed by atoms with Crippen LogP contribution in [0.1, 0.15) is 39.0 Å². The summed E-state index contributed by atoms with van der Waals surface area (Å²) in [4.78, 5) is 0. The Morgan fingerprint density at radius 1 is 1.31 bits per heavy atom. The maximum atomic E-state index is 9.20. The summed E-state index contributed by atoms with van der Waals surface area (Å²) in [6.45, 7) is 1.81. The smallest absolute Gasteiger partial charge is 0.0693 e. The highest BCUT2D eigenvalue weighted by Crippen LogP contribution is 2.39. The van der Waals surface area contributed by atoms with Crippen LogP contribution in [0.5, 0.6) is 0 Å². The molecule has 0 aliphatic heterocycles. The molecule has 0 amide bonds. The second kappa shape index (κ2) is 5.06. The van der Waals surface area contributed by atoms with Gasteiger partial charge in [0, 0.05) is 4.75 Å². The molecule has 2 heteroatoms. The average molecular weight is 200 g/mol. The summed E-state index contributed by atoms with van der Waals surface area (Å²) in [6, 6.07) is 0. The van der Waals surface area contributed by atoms with E-state index in [0.29, 0.717) is 4.75 Å². The van der Waals surface area contributed by atoms with Crippen molar-refractivity contribution in [2.45, 2.75) is 49.9 Å². The Kier molecular flexibility index (Phi) is 4.33. The number of aliphatic hydroxyl groups is 1. The first-order chi connectivity index (χ1) is 6.18. The fourth-order valence-corrected chi connectivity index (χ4v) is 2.82. The van der Waals surface area contributed by atoms with Crippen molar-refractivity contribution < 1.29 is 5.11 Å². The van der Waals surface area contributed by atoms with Gasteiger partial charge in [0.1, 0.15) is 0 Å². The van der Waals surface area contributed by atoms with Crippen molar-refractivity contribution in [3.05, 3.63) is 12.2 Å². The third-order valence-corrected chi connectivity index (χ3v) is 4.14. The van der Waals surface area contributed by atoms with E-state index in [4.69, 9.17) is 0 Å². The Morgan fingerprint density at radius 3 is 2.38 bits per heavy atom. The van der Waals surface area contributed by atoms with Crippen molar-refractivity contribution >= 4 is 11.8 Å². The summed E-state index contributed by atoms with van der Waals surface area (Å²) in [7, 11) is 0. The molecule has 1 aliphatic rings. The van der Waals surface area contributed by atoms with E-state index in [9.17, 15) is 5.11 Å². The summed E-state index contributed by atoms with van der Waals surface area (Å²) in [6.07, 6.45) is 12.6. The van der Waals surface area contributed by atoms with E-state index in [1.807, 2.05) is 24.8 Å². The van der Waals surface area contributed by atoms with Gasteiger partial charge in [-0.05, 0) is 26.0 Å². The van der Waals surface area contributed by atoms with Gasteiger partial charge in [-0.3, -0.25) is 0 Å². The number of hydrogen-bond donors (Lipinski definition) is 1. The highest BCUT2D eigenvalue weighted by atomic mass is 32.2. The molecule has 1 atom stereocenters. The molecule has 1 fully saturated rings. The maximum absolute atomic E-state index is 9.20. The van der Waals surface area contributed by atoms with Gasteiger partial charge in [0.2, 0.25) is 0 Å². The van der Waals surface area contributed by atoms with Gasteiger partial charge in [0.05, 0.1) is 6.10 Å². The second-order valence-corrected chi connectivity index (χ2v) is 5.15. The van der Waals surface area contributed by atoms with Gasteiger partial charge >= 0.3 is 0 Å². The average Bonchev–Trinajstić information content (AvgIpc) is 2.16. The quantitative estimate of drug-likeness (QED) is 0.707. The molecule has 0 bridgehead atoms. The monoisotopic (exact) mass is 200 g/mol. The molecule has 1 rings (SSSR count). The largest absolute Gasteiger partial charge is 0.389 e. The SMILES string of the molecule is CSC1(C=CC(C)O)CCCCC1. The normalized spacial score (nSPS) is 24.8. The standard InChI is InChI=1S/C11H20OS/c1-10(12)6-9-11(13-2)7-4-3-5-8-11/h6,9-10,12H,3-5,7-8H2,1-2H3. The first-order valence-corrected chi connectivity index (χ1v) is 6.34. The summed E-state index contributed by atoms with van der Waals surface area (Å²) >= 11 is 1.94. The Hall–Kier alpha value is 0.0500. The number of thioether (sulfide) groups is 1. The Labute approximate surface area is 85.6 Å². The zero-order valence-electron chi connectivity index (χ0n) is 8.62. The molecular weight excluding hydrogens is 180 g/mol. The fourth-order valence-electron chi connectivity index (χ4n) is 1.90. The van der Waals surface area contributed by atoms with E-state index >= 15 is 0 Å². The topological polar surface area (TPSA) is 20.2 Å². The highest BCUT2D eigenvalue weighted by Gasteiger charge is 2.27. The molecule has 0 aromatic carbocycles. The van der Waals surface area contributed by atoms with Crippen molar-refractivity contribution in [2.75, 3.05) is 6.26 Å². The molecule has 1 unspecified atom stereocenters. The van der Waals surface area contributed by atoms with E-state index in [1.54, 1.807) is 0 Å². The van der Waals surface area contributed by atoms with E-state index in [2.05, 4.69) is 12.3 Å². The molecule has 0 aromatic rings. The molecule has 1 N–H and O–H groups in total. The van der Waals surface area contributed by atoms with Gasteiger partial charge in [-0.1, -0.05) is 31.4 Å². The summed E-state index contributed by atoms with van der Waals surface area (Å²) in [5.41, 5.74) is 0. The van der Waals surface area contributed by atoms with Crippen LogP contribution in [0.4, 0.5) is 0 Å². The van der Waals surface area contributed by atoms with Gasteiger partial charge < -0.3 is 5.11 Å². The molecule has 1 nitrogen and oxygen atoms in total. The van der Waals surface area contributed by atoms with Crippen molar-refractivity contribution in [3.8, 4) is 0 Å². The third kappa shape index (κ3) is 3.35. The van der Waals surface area contributed by atoms with Gasteiger partial charge in [-0.25, -0.2) is 0 Å². The first-order valence-electron chi connectivity index (χ1n) is 5.11. The minimum Gasteiger partial charge on any atom is -0.389 e. The van der Waals surface area contributed by atoms with Crippen LogP contribution < -0.4 is 0 Å². The minimum absolute atomic E-state index is 0.300. The molecule has 1 saturated carbocycles. The van der Waals surface area contributed by atoms with Crippen molar-refractivity contribution in [1.82, 2.24) is 0 Å². The van der Waals surface area contributed by atoms with Crippen LogP contribution in [0.3, 0.4) is 0 Å². The predicted molar refractivity (Wildman–Crippen MR) is 60.2 cm³/mol. The Morgan fingerprint density at radius 2 is 1.92 bits per heavy atom. The number of hydrogen-bond acceptors (Lipinski definition) is 2. The minimum atomic E-state index is -0.300. The van der Waals surface area contributed by atoms with Crippen LogP contribution in [0.2, 0.25) is 0 Å². The van der Waals surface area contributed by atoms with Gasteiger partial charge in [-0.15, -0.1) is 0 Å². The van der Waals surface area contributed by atoms with Crippen LogP contribution in [0, 0.1) is 0 Å². The van der Waals surface area contributed by atoms with E-state index < -0.39 is 0 Å². The summed E-state index contributed by atoms with van der Waals surface area (Å²) < 4.78 is 0.329. The van der Waals surface area contributed by atoms with E-state index in [0.717, 1.165) is 0 Å². The second-order valence-electron chi connectivity index (χ2n) is 3.93. The third-order valence-electron chi connectivity index (χ3n) is 2.78. The van der Waals surface area contributed by atoms with Gasteiger partial charge in [0.15, 0.2) is 0 Å². The molecule has 0 saturated heterocycles. The maximum Gasteiger partial charge on any atom is 0.0693 e. The summed E-state index contributed by atoms with van der Waals surface area (Å²) in [5.74, 6) is 0. The predicted octanol–water partition coefficient (Wildman–Crippen LogP) is 2.99. The zero-order chi connectivity index (χ0) is 9.73. The lowest BCUT2D eigenvalue weighted by Crippen LogP contribution is -2.25. The van der Waals surface area contributed by atoms with E-state index in [-0.39, 0.29) is 6.10 Å². The molecular formula is C11H20OS. The lowest BCUT2D eigenvalue weighted by molar-refractivity contribution is 0.243. The van der Waals surface area contributed by atoms with Crippen LogP contribution in [-0.2, 0) is 0 Å². The number of rotatable bonds is 3. The molecule has 0 heterocycles. The zero-order valence-corrected chi connectivity index (χ0v) is 9.44. The lowest BCUT2D eigenvalue weighted by atomic mass is 9.88. The van der Waals surface area contributed by atoms with Crippen molar-refractivity contribution in [3.63, 3.8) is 0 Å². The van der Waals surface area contributed by atoms with E-state index in [1.165, 1.54) is 32.1 Å². The Balaban J connectivity index is 2.57. The van der Waals surface area contributed by atoms with Crippen LogP contribution in [0.15, 0.2) is 12.2 Å². The molecule has 0 spiro atoms. The molecule has 13 heavy (non-hydrogen) atoms. The Bertz CT molecular complexity index is 169. The lowest BCUT2D eigenvalue weighted by Gasteiger charge is -2.33. The molecule has 76 valence electrons. The summed E-state index contributed by atoms with van der Waals surface area (Å²) in [5, 5.41) is 9.20. The van der Waals surface area contributed by atoms with Crippen LogP contribution in [0.25, 0.3) is 0 Å². The molecule has 0 radical (unpaired) electrons. The first kappa shape index (κ1) is 11.1. The highest BCUT2D eigenvalue weighted by molar-refractivity contribution is 8.00. The molecule has 1 aliphatic carbocycles. The van der Waals surface area contributed by atoms with Crippen molar-refractivity contribution in [2.24, 2.45) is 0 Å².